The molecule has 0 bridgehead atoms. The van der Waals surface area contributed by atoms with Gasteiger partial charge in [-0.2, -0.15) is 13.2 Å². The lowest BCUT2D eigenvalue weighted by Gasteiger charge is -2.04. The predicted octanol–water partition coefficient (Wildman–Crippen LogP) is 2.05. The van der Waals surface area contributed by atoms with Crippen LogP contribution in [0.2, 0.25) is 0 Å². The van der Waals surface area contributed by atoms with E-state index >= 15 is 0 Å². The Morgan fingerprint density at radius 1 is 1.38 bits per heavy atom. The van der Waals surface area contributed by atoms with Crippen LogP contribution in [0.4, 0.5) is 19.0 Å². The van der Waals surface area contributed by atoms with Gasteiger partial charge in [-0.15, -0.1) is 0 Å². The number of hydrogen-bond acceptors (Lipinski definition) is 3. The van der Waals surface area contributed by atoms with Crippen LogP contribution < -0.4 is 5.73 Å². The van der Waals surface area contributed by atoms with Gasteiger partial charge < -0.3 is 10.3 Å². The fraction of sp³-hybridized carbons (Fsp3) is 0.333. The molecule has 16 heavy (non-hydrogen) atoms. The van der Waals surface area contributed by atoms with Crippen LogP contribution in [0.25, 0.3) is 11.0 Å². The fourth-order valence-electron chi connectivity index (χ4n) is 1.60. The first-order valence-electron chi connectivity index (χ1n) is 4.61. The molecule has 0 spiro atoms. The highest BCUT2D eigenvalue weighted by Crippen LogP contribution is 2.37. The van der Waals surface area contributed by atoms with Crippen molar-refractivity contribution in [1.29, 1.82) is 0 Å². The van der Waals surface area contributed by atoms with E-state index in [2.05, 4.69) is 9.97 Å². The summed E-state index contributed by atoms with van der Waals surface area (Å²) in [6.45, 7) is 2.13. The highest BCUT2D eigenvalue weighted by Gasteiger charge is 2.35. The van der Waals surface area contributed by atoms with Crippen molar-refractivity contribution in [3.63, 3.8) is 0 Å². The zero-order chi connectivity index (χ0) is 11.9. The van der Waals surface area contributed by atoms with Crippen LogP contribution in [-0.4, -0.2) is 14.5 Å². The second-order valence-electron chi connectivity index (χ2n) is 3.28. The van der Waals surface area contributed by atoms with Gasteiger partial charge in [-0.05, 0) is 6.92 Å². The molecule has 4 nitrogen and oxygen atoms in total. The molecule has 2 rings (SSSR count). The van der Waals surface area contributed by atoms with E-state index in [1.807, 2.05) is 0 Å². The van der Waals surface area contributed by atoms with Crippen LogP contribution >= 0.6 is 0 Å². The summed E-state index contributed by atoms with van der Waals surface area (Å²) in [4.78, 5) is 7.40. The monoisotopic (exact) mass is 230 g/mol. The quantitative estimate of drug-likeness (QED) is 0.815. The van der Waals surface area contributed by atoms with E-state index in [4.69, 9.17) is 5.73 Å². The van der Waals surface area contributed by atoms with Crippen molar-refractivity contribution in [2.45, 2.75) is 19.6 Å². The Morgan fingerprint density at radius 2 is 2.06 bits per heavy atom. The van der Waals surface area contributed by atoms with Crippen LogP contribution in [0.5, 0.6) is 0 Å². The average Bonchev–Trinajstić information content (AvgIpc) is 2.57. The number of anilines is 1. The first-order valence-corrected chi connectivity index (χ1v) is 4.61. The molecule has 0 aromatic carbocycles. The van der Waals surface area contributed by atoms with Gasteiger partial charge >= 0.3 is 6.18 Å². The lowest BCUT2D eigenvalue weighted by molar-refractivity contribution is -0.136. The van der Waals surface area contributed by atoms with Crippen LogP contribution in [0.15, 0.2) is 12.5 Å². The maximum Gasteiger partial charge on any atom is 0.418 e. The number of hydrogen-bond donors (Lipinski definition) is 1. The van der Waals surface area contributed by atoms with Gasteiger partial charge in [0.15, 0.2) is 0 Å². The number of nitrogens with two attached hydrogens (primary N) is 1. The molecular formula is C9H9F3N4. The number of halogens is 3. The zero-order valence-electron chi connectivity index (χ0n) is 8.41. The Labute approximate surface area is 88.9 Å². The molecule has 86 valence electrons. The molecule has 2 N–H and O–H groups in total. The second kappa shape index (κ2) is 3.36. The third-order valence-corrected chi connectivity index (χ3v) is 2.33. The second-order valence-corrected chi connectivity index (χ2v) is 3.28. The van der Waals surface area contributed by atoms with Gasteiger partial charge in [-0.25, -0.2) is 9.97 Å². The maximum atomic E-state index is 12.7. The first kappa shape index (κ1) is 10.7. The molecule has 2 heterocycles. The highest BCUT2D eigenvalue weighted by molar-refractivity contribution is 5.90. The van der Waals surface area contributed by atoms with Crippen molar-refractivity contribution < 1.29 is 13.2 Å². The van der Waals surface area contributed by atoms with E-state index in [1.165, 1.54) is 4.57 Å². The molecule has 2 aromatic rings. The molecule has 0 aliphatic carbocycles. The maximum absolute atomic E-state index is 12.7. The zero-order valence-corrected chi connectivity index (χ0v) is 8.41. The topological polar surface area (TPSA) is 56.7 Å². The molecular weight excluding hydrogens is 221 g/mol. The molecule has 0 fully saturated rings. The van der Waals surface area contributed by atoms with Gasteiger partial charge in [0, 0.05) is 12.7 Å². The van der Waals surface area contributed by atoms with Gasteiger partial charge in [0.2, 0.25) is 0 Å². The lowest BCUT2D eigenvalue weighted by atomic mass is 10.2. The molecule has 0 saturated heterocycles. The minimum absolute atomic E-state index is 0.128. The van der Waals surface area contributed by atoms with Crippen molar-refractivity contribution in [1.82, 2.24) is 14.5 Å². The number of aryl methyl sites for hydroxylation is 1. The molecule has 0 aliphatic rings. The van der Waals surface area contributed by atoms with E-state index in [0.29, 0.717) is 6.54 Å². The molecule has 2 aromatic heterocycles. The third kappa shape index (κ3) is 1.48. The van der Waals surface area contributed by atoms with Crippen molar-refractivity contribution in [2.75, 3.05) is 5.73 Å². The molecule has 0 aliphatic heterocycles. The summed E-state index contributed by atoms with van der Waals surface area (Å²) in [6.07, 6.45) is -2.28. The third-order valence-electron chi connectivity index (χ3n) is 2.33. The smallest absolute Gasteiger partial charge is 0.383 e. The summed E-state index contributed by atoms with van der Waals surface area (Å²) < 4.78 is 39.6. The number of fused-ring (bicyclic) bond motifs is 1. The first-order chi connectivity index (χ1) is 7.45. The minimum atomic E-state index is -4.45. The minimum Gasteiger partial charge on any atom is -0.383 e. The summed E-state index contributed by atoms with van der Waals surface area (Å²) in [5.74, 6) is -0.149. The normalized spacial score (nSPS) is 12.2. The van der Waals surface area contributed by atoms with Crippen molar-refractivity contribution in [3.8, 4) is 0 Å². The number of aromatic nitrogens is 3. The van der Waals surface area contributed by atoms with Crippen molar-refractivity contribution >= 4 is 16.9 Å². The van der Waals surface area contributed by atoms with Crippen molar-refractivity contribution in [2.24, 2.45) is 0 Å². The lowest BCUT2D eigenvalue weighted by Crippen LogP contribution is -2.05. The average molecular weight is 230 g/mol. The van der Waals surface area contributed by atoms with Crippen molar-refractivity contribution in [3.05, 3.63) is 18.1 Å². The SMILES string of the molecule is CCn1cc(C(F)(F)F)c2c(N)ncnc21. The largest absolute Gasteiger partial charge is 0.418 e. The van der Waals surface area contributed by atoms with Gasteiger partial charge in [0.1, 0.15) is 17.8 Å². The van der Waals surface area contributed by atoms with Gasteiger partial charge in [0.25, 0.3) is 0 Å². The van der Waals surface area contributed by atoms with E-state index < -0.39 is 11.7 Å². The summed E-state index contributed by atoms with van der Waals surface area (Å²) in [5, 5.41) is -0.128. The number of nitrogens with zero attached hydrogens (tertiary/aromatic N) is 3. The summed E-state index contributed by atoms with van der Waals surface area (Å²) in [7, 11) is 0. The molecule has 0 amide bonds. The molecule has 0 atom stereocenters. The Morgan fingerprint density at radius 3 is 2.62 bits per heavy atom. The number of nitrogen functional groups attached to an aromatic ring is 1. The van der Waals surface area contributed by atoms with E-state index in [1.54, 1.807) is 6.92 Å². The Balaban J connectivity index is 2.85. The van der Waals surface area contributed by atoms with Crippen LogP contribution in [0.1, 0.15) is 12.5 Å². The van der Waals surface area contributed by atoms with Crippen LogP contribution in [0, 0.1) is 0 Å². The summed E-state index contributed by atoms with van der Waals surface area (Å²) in [6, 6.07) is 0. The molecule has 0 saturated carbocycles. The molecule has 7 heteroatoms. The standard InChI is InChI=1S/C9H9F3N4/c1-2-16-3-5(9(10,11)12)6-7(13)14-4-15-8(6)16/h3-4H,2H2,1H3,(H2,13,14,15). The van der Waals surface area contributed by atoms with Gasteiger partial charge in [-0.3, -0.25) is 0 Å². The summed E-state index contributed by atoms with van der Waals surface area (Å²) in [5.41, 5.74) is 4.88. The Hall–Kier alpha value is -1.79. The molecule has 0 radical (unpaired) electrons. The summed E-state index contributed by atoms with van der Waals surface area (Å²) >= 11 is 0. The molecule has 0 unspecified atom stereocenters. The Bertz CT molecular complexity index is 529. The van der Waals surface area contributed by atoms with Crippen LogP contribution in [0.3, 0.4) is 0 Å². The number of alkyl halides is 3. The highest BCUT2D eigenvalue weighted by atomic mass is 19.4. The predicted molar refractivity (Wildman–Crippen MR) is 52.6 cm³/mol. The Kier molecular flexibility index (Phi) is 2.25. The van der Waals surface area contributed by atoms with E-state index in [-0.39, 0.29) is 16.9 Å². The fourth-order valence-corrected chi connectivity index (χ4v) is 1.60. The van der Waals surface area contributed by atoms with Gasteiger partial charge in [0.05, 0.1) is 10.9 Å². The van der Waals surface area contributed by atoms with E-state index in [9.17, 15) is 13.2 Å². The van der Waals surface area contributed by atoms with Crippen LogP contribution in [-0.2, 0) is 12.7 Å². The number of rotatable bonds is 1. The van der Waals surface area contributed by atoms with E-state index in [0.717, 1.165) is 12.5 Å². The van der Waals surface area contributed by atoms with Gasteiger partial charge in [-0.1, -0.05) is 0 Å².